The molecule has 2 rings (SSSR count). The van der Waals surface area contributed by atoms with Gasteiger partial charge in [0.2, 0.25) is 0 Å². The summed E-state index contributed by atoms with van der Waals surface area (Å²) in [7, 11) is 1.52. The van der Waals surface area contributed by atoms with Gasteiger partial charge in [-0.2, -0.15) is 0 Å². The average Bonchev–Trinajstić information content (AvgIpc) is 2.61. The van der Waals surface area contributed by atoms with Crippen LogP contribution in [0.5, 0.6) is 23.0 Å². The Morgan fingerprint density at radius 1 is 0.960 bits per heavy atom. The van der Waals surface area contributed by atoms with Gasteiger partial charge in [0.15, 0.2) is 23.0 Å². The van der Waals surface area contributed by atoms with Crippen molar-refractivity contribution >= 4 is 12.2 Å². The first-order chi connectivity index (χ1) is 12.0. The molecule has 0 fully saturated rings. The Kier molecular flexibility index (Phi) is 6.29. The largest absolute Gasteiger partial charge is 0.504 e. The van der Waals surface area contributed by atoms with Crippen LogP contribution in [-0.2, 0) is 0 Å². The number of phenols is 3. The maximum atomic E-state index is 9.58. The Labute approximate surface area is 147 Å². The van der Waals surface area contributed by atoms with Gasteiger partial charge in [0, 0.05) is 0 Å². The molecule has 0 heterocycles. The van der Waals surface area contributed by atoms with Crippen LogP contribution >= 0.6 is 0 Å². The van der Waals surface area contributed by atoms with Crippen LogP contribution in [-0.4, -0.2) is 22.4 Å². The van der Waals surface area contributed by atoms with Crippen molar-refractivity contribution in [2.24, 2.45) is 0 Å². The number of allylic oxidation sites excluding steroid dienone is 3. The van der Waals surface area contributed by atoms with Gasteiger partial charge >= 0.3 is 0 Å². The summed E-state index contributed by atoms with van der Waals surface area (Å²) >= 11 is 0. The lowest BCUT2D eigenvalue weighted by atomic mass is 10.1. The van der Waals surface area contributed by atoms with Crippen LogP contribution in [0, 0.1) is 0 Å². The van der Waals surface area contributed by atoms with E-state index in [9.17, 15) is 15.3 Å². The highest BCUT2D eigenvalue weighted by Gasteiger charge is 2.00. The van der Waals surface area contributed by atoms with Crippen molar-refractivity contribution < 1.29 is 20.1 Å². The van der Waals surface area contributed by atoms with Crippen LogP contribution < -0.4 is 4.74 Å². The van der Waals surface area contributed by atoms with E-state index < -0.39 is 0 Å². The molecule has 25 heavy (non-hydrogen) atoms. The van der Waals surface area contributed by atoms with Gasteiger partial charge < -0.3 is 20.1 Å². The van der Waals surface area contributed by atoms with Crippen molar-refractivity contribution in [3.8, 4) is 23.0 Å². The minimum Gasteiger partial charge on any atom is -0.504 e. The predicted molar refractivity (Wildman–Crippen MR) is 101 cm³/mol. The third-order valence-electron chi connectivity index (χ3n) is 3.66. The van der Waals surface area contributed by atoms with E-state index in [0.717, 1.165) is 29.5 Å². The number of ether oxygens (including phenoxy) is 1. The predicted octanol–water partition coefficient (Wildman–Crippen LogP) is 4.88. The Morgan fingerprint density at radius 2 is 1.64 bits per heavy atom. The molecule has 0 aliphatic rings. The third-order valence-corrected chi connectivity index (χ3v) is 3.66. The van der Waals surface area contributed by atoms with E-state index in [1.165, 1.54) is 19.2 Å². The van der Waals surface area contributed by atoms with Crippen molar-refractivity contribution in [2.45, 2.75) is 12.8 Å². The molecule has 2 aromatic carbocycles. The number of rotatable bonds is 7. The second-order valence-electron chi connectivity index (χ2n) is 5.61. The highest BCUT2D eigenvalue weighted by molar-refractivity contribution is 5.58. The molecular formula is C21H22O4. The number of hydrogen-bond donors (Lipinski definition) is 3. The van der Waals surface area contributed by atoms with E-state index in [2.05, 4.69) is 6.58 Å². The molecule has 130 valence electrons. The standard InChI is InChI=1S/C21H22O4/c1-15(7-8-17-10-12-19(23)21(14-17)25-2)5-3-4-6-16-9-11-18(22)20(24)13-16/h4,6-14,22-24H,1,3,5H2,2H3/b6-4+,8-7+. The monoisotopic (exact) mass is 338 g/mol. The zero-order chi connectivity index (χ0) is 18.2. The Hall–Kier alpha value is -3.14. The van der Waals surface area contributed by atoms with Gasteiger partial charge in [-0.25, -0.2) is 0 Å². The fraction of sp³-hybridized carbons (Fsp3) is 0.143. The summed E-state index contributed by atoms with van der Waals surface area (Å²) in [6, 6.07) is 9.87. The Balaban J connectivity index is 1.86. The number of aromatic hydroxyl groups is 3. The lowest BCUT2D eigenvalue weighted by Crippen LogP contribution is -1.84. The first kappa shape index (κ1) is 18.2. The number of benzene rings is 2. The third kappa shape index (κ3) is 5.46. The number of phenolic OH excluding ortho intramolecular Hbond substituents is 3. The van der Waals surface area contributed by atoms with Crippen LogP contribution in [0.2, 0.25) is 0 Å². The summed E-state index contributed by atoms with van der Waals surface area (Å²) in [4.78, 5) is 0. The Morgan fingerprint density at radius 3 is 2.32 bits per heavy atom. The molecule has 0 saturated carbocycles. The van der Waals surface area contributed by atoms with E-state index >= 15 is 0 Å². The lowest BCUT2D eigenvalue weighted by molar-refractivity contribution is 0.373. The van der Waals surface area contributed by atoms with Gasteiger partial charge in [-0.1, -0.05) is 48.6 Å². The minimum atomic E-state index is -0.126. The first-order valence-corrected chi connectivity index (χ1v) is 7.91. The molecule has 0 atom stereocenters. The minimum absolute atomic E-state index is 0.115. The zero-order valence-electron chi connectivity index (χ0n) is 14.1. The molecule has 2 aromatic rings. The molecule has 0 aromatic heterocycles. The lowest BCUT2D eigenvalue weighted by Gasteiger charge is -2.04. The first-order valence-electron chi connectivity index (χ1n) is 7.91. The molecule has 0 saturated heterocycles. The second-order valence-corrected chi connectivity index (χ2v) is 5.61. The average molecular weight is 338 g/mol. The van der Waals surface area contributed by atoms with Gasteiger partial charge in [-0.3, -0.25) is 0 Å². The number of hydrogen-bond acceptors (Lipinski definition) is 4. The van der Waals surface area contributed by atoms with Crippen molar-refractivity contribution in [2.75, 3.05) is 7.11 Å². The molecule has 0 bridgehead atoms. The molecular weight excluding hydrogens is 316 g/mol. The molecule has 4 heteroatoms. The molecule has 0 aliphatic carbocycles. The van der Waals surface area contributed by atoms with Gasteiger partial charge in [0.1, 0.15) is 0 Å². The fourth-order valence-corrected chi connectivity index (χ4v) is 2.23. The maximum absolute atomic E-state index is 9.58. The van der Waals surface area contributed by atoms with Crippen molar-refractivity contribution in [3.63, 3.8) is 0 Å². The van der Waals surface area contributed by atoms with E-state index in [1.54, 1.807) is 24.3 Å². The van der Waals surface area contributed by atoms with Crippen LogP contribution in [0.3, 0.4) is 0 Å². The van der Waals surface area contributed by atoms with Gasteiger partial charge in [-0.05, 0) is 48.2 Å². The summed E-state index contributed by atoms with van der Waals surface area (Å²) in [5, 5.41) is 28.3. The molecule has 0 amide bonds. The van der Waals surface area contributed by atoms with Crippen molar-refractivity contribution in [1.82, 2.24) is 0 Å². The molecule has 0 spiro atoms. The van der Waals surface area contributed by atoms with Crippen LogP contribution in [0.4, 0.5) is 0 Å². The van der Waals surface area contributed by atoms with E-state index in [0.29, 0.717) is 5.75 Å². The van der Waals surface area contributed by atoms with Gasteiger partial charge in [0.05, 0.1) is 7.11 Å². The van der Waals surface area contributed by atoms with Gasteiger partial charge in [-0.15, -0.1) is 0 Å². The van der Waals surface area contributed by atoms with Crippen molar-refractivity contribution in [3.05, 3.63) is 71.8 Å². The maximum Gasteiger partial charge on any atom is 0.161 e. The van der Waals surface area contributed by atoms with Crippen LogP contribution in [0.15, 0.2) is 60.7 Å². The molecule has 3 N–H and O–H groups in total. The topological polar surface area (TPSA) is 69.9 Å². The SMILES string of the molecule is C=C(/C=C/c1ccc(O)c(OC)c1)CC/C=C/c1ccc(O)c(O)c1. The van der Waals surface area contributed by atoms with Crippen LogP contribution in [0.25, 0.3) is 12.2 Å². The highest BCUT2D eigenvalue weighted by atomic mass is 16.5. The summed E-state index contributed by atoms with van der Waals surface area (Å²) in [6.45, 7) is 4.03. The van der Waals surface area contributed by atoms with Crippen LogP contribution in [0.1, 0.15) is 24.0 Å². The summed E-state index contributed by atoms with van der Waals surface area (Å²) in [6.07, 6.45) is 9.35. The van der Waals surface area contributed by atoms with E-state index in [1.807, 2.05) is 24.3 Å². The fourth-order valence-electron chi connectivity index (χ4n) is 2.23. The molecule has 0 aliphatic heterocycles. The molecule has 0 radical (unpaired) electrons. The summed E-state index contributed by atoms with van der Waals surface area (Å²) in [5.74, 6) is 0.303. The quantitative estimate of drug-likeness (QED) is 0.497. The molecule has 4 nitrogen and oxygen atoms in total. The summed E-state index contributed by atoms with van der Waals surface area (Å²) < 4.78 is 5.08. The van der Waals surface area contributed by atoms with Crippen molar-refractivity contribution in [1.29, 1.82) is 0 Å². The smallest absolute Gasteiger partial charge is 0.161 e. The highest BCUT2D eigenvalue weighted by Crippen LogP contribution is 2.27. The number of methoxy groups -OCH3 is 1. The van der Waals surface area contributed by atoms with Gasteiger partial charge in [0.25, 0.3) is 0 Å². The van der Waals surface area contributed by atoms with E-state index in [4.69, 9.17) is 4.74 Å². The summed E-state index contributed by atoms with van der Waals surface area (Å²) in [5.41, 5.74) is 2.73. The molecule has 0 unspecified atom stereocenters. The normalized spacial score (nSPS) is 11.2. The van der Waals surface area contributed by atoms with E-state index in [-0.39, 0.29) is 17.2 Å². The second kappa shape index (κ2) is 8.64. The zero-order valence-corrected chi connectivity index (χ0v) is 14.1. The Bertz CT molecular complexity index is 804.